The van der Waals surface area contributed by atoms with Crippen LogP contribution >= 0.6 is 15.9 Å². The Morgan fingerprint density at radius 2 is 1.90 bits per heavy atom. The van der Waals surface area contributed by atoms with Crippen LogP contribution in [0.3, 0.4) is 0 Å². The highest BCUT2D eigenvalue weighted by molar-refractivity contribution is 9.10. The zero-order valence-corrected chi connectivity index (χ0v) is 12.6. The van der Waals surface area contributed by atoms with Gasteiger partial charge in [0, 0.05) is 6.54 Å². The summed E-state index contributed by atoms with van der Waals surface area (Å²) in [5.41, 5.74) is 3.73. The highest BCUT2D eigenvalue weighted by Crippen LogP contribution is 2.25. The molecule has 0 aliphatic rings. The Hall–Kier alpha value is -1.86. The molecule has 2 rings (SSSR count). The van der Waals surface area contributed by atoms with E-state index >= 15 is 0 Å². The number of halogens is 1. The lowest BCUT2D eigenvalue weighted by atomic mass is 10.1. The quantitative estimate of drug-likeness (QED) is 0.553. The molecule has 0 saturated heterocycles. The van der Waals surface area contributed by atoms with Crippen LogP contribution in [0, 0.1) is 0 Å². The Morgan fingerprint density at radius 1 is 1.20 bits per heavy atom. The van der Waals surface area contributed by atoms with Gasteiger partial charge in [0.05, 0.1) is 7.11 Å². The summed E-state index contributed by atoms with van der Waals surface area (Å²) in [4.78, 5) is 8.16. The van der Waals surface area contributed by atoms with E-state index in [9.17, 15) is 0 Å². The molecule has 0 amide bonds. The minimum atomic E-state index is 0.548. The summed E-state index contributed by atoms with van der Waals surface area (Å²) in [7, 11) is 1.66. The number of nitrogens with zero attached hydrogens (tertiary/aromatic N) is 2. The first kappa shape index (κ1) is 14.5. The topological polar surface area (TPSA) is 85.1 Å². The summed E-state index contributed by atoms with van der Waals surface area (Å²) < 4.78 is 5.85. The molecule has 0 fully saturated rings. The van der Waals surface area contributed by atoms with Crippen molar-refractivity contribution >= 4 is 27.6 Å². The van der Waals surface area contributed by atoms with E-state index in [2.05, 4.69) is 36.6 Å². The van der Waals surface area contributed by atoms with Gasteiger partial charge in [0.1, 0.15) is 22.4 Å². The third kappa shape index (κ3) is 3.58. The molecule has 0 radical (unpaired) electrons. The largest absolute Gasteiger partial charge is 0.497 e. The van der Waals surface area contributed by atoms with E-state index in [1.54, 1.807) is 7.11 Å². The fourth-order valence-electron chi connectivity index (χ4n) is 1.71. The van der Waals surface area contributed by atoms with Gasteiger partial charge < -0.3 is 15.5 Å². The number of nitrogens with two attached hydrogens (primary N) is 1. The van der Waals surface area contributed by atoms with Crippen LogP contribution in [0.25, 0.3) is 0 Å². The first-order valence-corrected chi connectivity index (χ1v) is 6.88. The van der Waals surface area contributed by atoms with E-state index in [1.165, 1.54) is 11.9 Å². The van der Waals surface area contributed by atoms with Crippen LogP contribution in [0.15, 0.2) is 35.1 Å². The maximum Gasteiger partial charge on any atom is 0.159 e. The van der Waals surface area contributed by atoms with Gasteiger partial charge in [0.25, 0.3) is 0 Å². The van der Waals surface area contributed by atoms with E-state index in [0.717, 1.165) is 23.2 Å². The molecule has 1 heterocycles. The van der Waals surface area contributed by atoms with Gasteiger partial charge in [0.2, 0.25) is 0 Å². The van der Waals surface area contributed by atoms with E-state index in [-0.39, 0.29) is 0 Å². The Morgan fingerprint density at radius 3 is 2.55 bits per heavy atom. The van der Waals surface area contributed by atoms with Gasteiger partial charge >= 0.3 is 0 Å². The molecule has 1 aromatic heterocycles. The molecule has 0 bridgehead atoms. The summed E-state index contributed by atoms with van der Waals surface area (Å²) in [6.45, 7) is 0.756. The summed E-state index contributed by atoms with van der Waals surface area (Å²) >= 11 is 3.40. The normalized spacial score (nSPS) is 10.2. The summed E-state index contributed by atoms with van der Waals surface area (Å²) in [6.07, 6.45) is 2.33. The number of ether oxygens (including phenoxy) is 1. The van der Waals surface area contributed by atoms with Gasteiger partial charge in [-0.1, -0.05) is 12.1 Å². The average molecular weight is 338 g/mol. The Bertz CT molecular complexity index is 561. The molecule has 6 nitrogen and oxygen atoms in total. The van der Waals surface area contributed by atoms with E-state index in [4.69, 9.17) is 10.6 Å². The number of nitrogen functional groups attached to an aromatic ring is 1. The number of hydrazine groups is 1. The second-order valence-corrected chi connectivity index (χ2v) is 4.85. The predicted octanol–water partition coefficient (Wildman–Crippen LogP) is 2.19. The van der Waals surface area contributed by atoms with Crippen LogP contribution in [0.1, 0.15) is 5.56 Å². The molecule has 106 valence electrons. The van der Waals surface area contributed by atoms with Crippen LogP contribution in [-0.4, -0.2) is 23.6 Å². The predicted molar refractivity (Wildman–Crippen MR) is 82.7 cm³/mol. The maximum atomic E-state index is 5.36. The zero-order chi connectivity index (χ0) is 14.4. The van der Waals surface area contributed by atoms with Crippen LogP contribution in [0.5, 0.6) is 5.75 Å². The SMILES string of the molecule is COc1ccc(CCNc2ncnc(NN)c2Br)cc1. The van der Waals surface area contributed by atoms with Crippen molar-refractivity contribution in [2.45, 2.75) is 6.42 Å². The lowest BCUT2D eigenvalue weighted by Crippen LogP contribution is -2.12. The molecule has 0 spiro atoms. The molecule has 7 heteroatoms. The van der Waals surface area contributed by atoms with Gasteiger partial charge in [-0.05, 0) is 40.0 Å². The summed E-state index contributed by atoms with van der Waals surface area (Å²) in [5, 5.41) is 3.24. The standard InChI is InChI=1S/C13H16BrN5O/c1-20-10-4-2-9(3-5-10)6-7-16-12-11(14)13(19-15)18-8-17-12/h2-5,8H,6-7,15H2,1H3,(H2,16,17,18,19). The Labute approximate surface area is 125 Å². The van der Waals surface area contributed by atoms with Gasteiger partial charge in [-0.3, -0.25) is 0 Å². The molecule has 1 aromatic carbocycles. The van der Waals surface area contributed by atoms with Crippen molar-refractivity contribution in [2.75, 3.05) is 24.4 Å². The third-order valence-electron chi connectivity index (χ3n) is 2.79. The number of hydrogen-bond donors (Lipinski definition) is 3. The van der Waals surface area contributed by atoms with Gasteiger partial charge in [-0.15, -0.1) is 0 Å². The highest BCUT2D eigenvalue weighted by Gasteiger charge is 2.06. The molecular formula is C13H16BrN5O. The Balaban J connectivity index is 1.92. The van der Waals surface area contributed by atoms with E-state index < -0.39 is 0 Å². The van der Waals surface area contributed by atoms with Crippen molar-refractivity contribution in [1.82, 2.24) is 9.97 Å². The Kier molecular flexibility index (Phi) is 5.14. The number of nitrogens with one attached hydrogen (secondary N) is 2. The van der Waals surface area contributed by atoms with Crippen LogP contribution in [0.2, 0.25) is 0 Å². The molecule has 4 N–H and O–H groups in total. The van der Waals surface area contributed by atoms with Crippen LogP contribution in [-0.2, 0) is 6.42 Å². The zero-order valence-electron chi connectivity index (χ0n) is 11.1. The number of rotatable bonds is 6. The molecule has 0 aliphatic carbocycles. The van der Waals surface area contributed by atoms with Crippen molar-refractivity contribution in [3.05, 3.63) is 40.6 Å². The second-order valence-electron chi connectivity index (χ2n) is 4.05. The van der Waals surface area contributed by atoms with Crippen LogP contribution in [0.4, 0.5) is 11.6 Å². The molecule has 0 saturated carbocycles. The van der Waals surface area contributed by atoms with Crippen molar-refractivity contribution in [3.8, 4) is 5.75 Å². The van der Waals surface area contributed by atoms with Crippen molar-refractivity contribution in [2.24, 2.45) is 5.84 Å². The molecular weight excluding hydrogens is 322 g/mol. The molecule has 2 aromatic rings. The monoisotopic (exact) mass is 337 g/mol. The number of anilines is 2. The number of methoxy groups -OCH3 is 1. The molecule has 0 unspecified atom stereocenters. The fourth-order valence-corrected chi connectivity index (χ4v) is 2.17. The number of aromatic nitrogens is 2. The minimum Gasteiger partial charge on any atom is -0.497 e. The first-order valence-electron chi connectivity index (χ1n) is 6.08. The van der Waals surface area contributed by atoms with Gasteiger partial charge in [0.15, 0.2) is 5.82 Å². The van der Waals surface area contributed by atoms with Crippen molar-refractivity contribution in [1.29, 1.82) is 0 Å². The lowest BCUT2D eigenvalue weighted by molar-refractivity contribution is 0.414. The fraction of sp³-hybridized carbons (Fsp3) is 0.231. The molecule has 20 heavy (non-hydrogen) atoms. The average Bonchev–Trinajstić information content (AvgIpc) is 2.49. The van der Waals surface area contributed by atoms with E-state index in [0.29, 0.717) is 11.6 Å². The van der Waals surface area contributed by atoms with Crippen LogP contribution < -0.4 is 21.3 Å². The molecule has 0 aliphatic heterocycles. The number of hydrogen-bond acceptors (Lipinski definition) is 6. The van der Waals surface area contributed by atoms with Crippen molar-refractivity contribution < 1.29 is 4.74 Å². The van der Waals surface area contributed by atoms with Gasteiger partial charge in [-0.2, -0.15) is 0 Å². The lowest BCUT2D eigenvalue weighted by Gasteiger charge is -2.10. The number of benzene rings is 1. The highest BCUT2D eigenvalue weighted by atomic mass is 79.9. The summed E-state index contributed by atoms with van der Waals surface area (Å²) in [5.74, 6) is 7.47. The van der Waals surface area contributed by atoms with Gasteiger partial charge in [-0.25, -0.2) is 15.8 Å². The smallest absolute Gasteiger partial charge is 0.159 e. The van der Waals surface area contributed by atoms with E-state index in [1.807, 2.05) is 24.3 Å². The van der Waals surface area contributed by atoms with Crippen molar-refractivity contribution in [3.63, 3.8) is 0 Å². The molecule has 0 atom stereocenters. The third-order valence-corrected chi connectivity index (χ3v) is 3.54. The second kappa shape index (κ2) is 7.06. The minimum absolute atomic E-state index is 0.548. The summed E-state index contributed by atoms with van der Waals surface area (Å²) in [6, 6.07) is 7.99. The first-order chi connectivity index (χ1) is 9.74. The maximum absolute atomic E-state index is 5.36.